The van der Waals surface area contributed by atoms with Gasteiger partial charge in [-0.15, -0.1) is 0 Å². The summed E-state index contributed by atoms with van der Waals surface area (Å²) in [5, 5.41) is 6.83. The summed E-state index contributed by atoms with van der Waals surface area (Å²) in [7, 11) is 0. The maximum absolute atomic E-state index is 12.3. The fraction of sp³-hybridized carbons (Fsp3) is 0.500. The number of amides is 1. The number of nitrogens with zero attached hydrogens (tertiary/aromatic N) is 2. The number of hydrogen-bond acceptors (Lipinski definition) is 3. The number of piperazine rings is 1. The molecule has 1 unspecified atom stereocenters. The number of aryl methyl sites for hydroxylation is 1. The normalized spacial score (nSPS) is 19.8. The Balaban J connectivity index is 1.31. The Hall–Kier alpha value is -2.51. The minimum Gasteiger partial charge on any atom is -0.353 e. The van der Waals surface area contributed by atoms with E-state index in [-0.39, 0.29) is 18.0 Å². The number of benzene rings is 1. The summed E-state index contributed by atoms with van der Waals surface area (Å²) in [6, 6.07) is 12.8. The van der Waals surface area contributed by atoms with Crippen LogP contribution < -0.4 is 15.5 Å². The molecule has 33 heavy (non-hydrogen) atoms. The van der Waals surface area contributed by atoms with Gasteiger partial charge in [0.25, 0.3) is 0 Å². The smallest absolute Gasteiger partial charge is 0.239 e. The number of aromatic nitrogens is 1. The van der Waals surface area contributed by atoms with Gasteiger partial charge < -0.3 is 20.4 Å². The molecule has 3 N–H and O–H groups in total. The van der Waals surface area contributed by atoms with Crippen molar-refractivity contribution in [2.75, 3.05) is 26.2 Å². The molecule has 0 radical (unpaired) electrons. The van der Waals surface area contributed by atoms with Crippen LogP contribution in [0.2, 0.25) is 0 Å². The van der Waals surface area contributed by atoms with Gasteiger partial charge in [-0.25, -0.2) is 0 Å². The van der Waals surface area contributed by atoms with Crippen molar-refractivity contribution in [1.82, 2.24) is 20.5 Å². The van der Waals surface area contributed by atoms with Crippen LogP contribution in [0.5, 0.6) is 0 Å². The van der Waals surface area contributed by atoms with E-state index in [1.807, 2.05) is 12.1 Å². The Labute approximate surface area is 202 Å². The van der Waals surface area contributed by atoms with Crippen molar-refractivity contribution in [3.05, 3.63) is 65.5 Å². The van der Waals surface area contributed by atoms with Crippen molar-refractivity contribution >= 4 is 23.2 Å². The highest BCUT2D eigenvalue weighted by Gasteiger charge is 2.46. The van der Waals surface area contributed by atoms with Gasteiger partial charge in [-0.1, -0.05) is 42.3 Å². The van der Waals surface area contributed by atoms with Crippen LogP contribution >= 0.6 is 12.2 Å². The molecule has 1 aliphatic heterocycles. The first-order valence-electron chi connectivity index (χ1n) is 12.1. The minimum atomic E-state index is -0.0581. The van der Waals surface area contributed by atoms with E-state index in [9.17, 15) is 4.79 Å². The lowest BCUT2D eigenvalue weighted by atomic mass is 9.78. The number of carbonyl (C=O) groups is 1. The minimum absolute atomic E-state index is 0.0581. The maximum atomic E-state index is 12.3. The van der Waals surface area contributed by atoms with Crippen molar-refractivity contribution in [2.24, 2.45) is 0 Å². The predicted octanol–water partition coefficient (Wildman–Crippen LogP) is 1.98. The number of pyridine rings is 1. The van der Waals surface area contributed by atoms with E-state index in [1.165, 1.54) is 43.2 Å². The highest BCUT2D eigenvalue weighted by molar-refractivity contribution is 7.80. The number of carbonyl (C=O) groups excluding carboxylic acids is 1. The molecule has 1 saturated carbocycles. The van der Waals surface area contributed by atoms with Gasteiger partial charge in [0, 0.05) is 37.3 Å². The highest BCUT2D eigenvalue weighted by Crippen LogP contribution is 2.28. The third kappa shape index (κ3) is 6.30. The van der Waals surface area contributed by atoms with Crippen molar-refractivity contribution < 1.29 is 9.69 Å². The lowest BCUT2D eigenvalue weighted by Crippen LogP contribution is -3.22. The van der Waals surface area contributed by atoms with Gasteiger partial charge >= 0.3 is 0 Å². The molecule has 1 atom stereocenters. The van der Waals surface area contributed by atoms with Crippen molar-refractivity contribution in [2.45, 2.75) is 57.7 Å². The summed E-state index contributed by atoms with van der Waals surface area (Å²) in [5.41, 5.74) is 3.96. The third-order valence-electron chi connectivity index (χ3n) is 7.18. The van der Waals surface area contributed by atoms with Crippen LogP contribution in [-0.2, 0) is 17.9 Å². The lowest BCUT2D eigenvalue weighted by molar-refractivity contribution is -0.971. The van der Waals surface area contributed by atoms with Crippen LogP contribution in [0.4, 0.5) is 0 Å². The van der Waals surface area contributed by atoms with Crippen LogP contribution in [-0.4, -0.2) is 52.6 Å². The third-order valence-corrected chi connectivity index (χ3v) is 7.58. The van der Waals surface area contributed by atoms with Crippen LogP contribution in [0.1, 0.15) is 48.8 Å². The average Bonchev–Trinajstić information content (AvgIpc) is 2.85. The summed E-state index contributed by atoms with van der Waals surface area (Å²) in [5.74, 6) is -0.0581. The number of rotatable bonds is 6. The largest absolute Gasteiger partial charge is 0.353 e. The number of hydrogen-bond donors (Lipinski definition) is 3. The van der Waals surface area contributed by atoms with E-state index >= 15 is 0 Å². The number of thiocarbonyl (C=S) groups is 1. The van der Waals surface area contributed by atoms with E-state index in [4.69, 9.17) is 12.2 Å². The van der Waals surface area contributed by atoms with Gasteiger partial charge in [0.1, 0.15) is 12.1 Å². The van der Waals surface area contributed by atoms with Gasteiger partial charge in [0.15, 0.2) is 5.11 Å². The fourth-order valence-corrected chi connectivity index (χ4v) is 5.49. The molecular weight excluding hydrogens is 430 g/mol. The molecule has 176 valence electrons. The molecule has 7 heteroatoms. The quantitative estimate of drug-likeness (QED) is 0.569. The zero-order valence-electron chi connectivity index (χ0n) is 19.6. The van der Waals surface area contributed by atoms with Gasteiger partial charge in [-0.05, 0) is 43.6 Å². The summed E-state index contributed by atoms with van der Waals surface area (Å²) >= 11 is 5.72. The van der Waals surface area contributed by atoms with E-state index in [2.05, 4.69) is 51.7 Å². The number of nitrogens with one attached hydrogen (secondary N) is 3. The molecule has 1 spiro atoms. The Kier molecular flexibility index (Phi) is 7.93. The molecule has 1 aromatic heterocycles. The summed E-state index contributed by atoms with van der Waals surface area (Å²) in [6.07, 6.45) is 9.91. The Morgan fingerprint density at radius 3 is 2.64 bits per heavy atom. The average molecular weight is 467 g/mol. The highest BCUT2D eigenvalue weighted by atomic mass is 32.1. The maximum Gasteiger partial charge on any atom is 0.239 e. The van der Waals surface area contributed by atoms with Crippen LogP contribution in [0.25, 0.3) is 0 Å². The second-order valence-electron chi connectivity index (χ2n) is 9.58. The molecule has 1 saturated heterocycles. The molecular formula is C26H36N5OS+. The summed E-state index contributed by atoms with van der Waals surface area (Å²) in [4.78, 5) is 20.4. The van der Waals surface area contributed by atoms with Gasteiger partial charge in [0.05, 0.1) is 26.2 Å². The zero-order chi connectivity index (χ0) is 23.1. The molecule has 1 aromatic carbocycles. The van der Waals surface area contributed by atoms with E-state index < -0.39 is 0 Å². The SMILES string of the molecule is Cc1ccc(C[NH+]2CCN(C(=S)NCC(=O)NCc3cccnc3)CC23CCCCC3)cc1. The van der Waals surface area contributed by atoms with Crippen LogP contribution in [0.15, 0.2) is 48.8 Å². The van der Waals surface area contributed by atoms with Gasteiger partial charge in [0.2, 0.25) is 5.91 Å². The van der Waals surface area contributed by atoms with Crippen molar-refractivity contribution in [1.29, 1.82) is 0 Å². The Morgan fingerprint density at radius 1 is 1.12 bits per heavy atom. The van der Waals surface area contributed by atoms with E-state index in [1.54, 1.807) is 17.3 Å². The number of quaternary nitrogens is 1. The molecule has 2 aliphatic rings. The summed E-state index contributed by atoms with van der Waals surface area (Å²) < 4.78 is 0. The second-order valence-corrected chi connectivity index (χ2v) is 9.96. The Bertz CT molecular complexity index is 927. The molecule has 2 aromatic rings. The first-order valence-corrected chi connectivity index (χ1v) is 12.5. The lowest BCUT2D eigenvalue weighted by Gasteiger charge is -2.50. The second kappa shape index (κ2) is 11.1. The van der Waals surface area contributed by atoms with Crippen LogP contribution in [0.3, 0.4) is 0 Å². The molecule has 0 bridgehead atoms. The standard InChI is InChI=1S/C26H35N5OS/c1-21-7-9-22(10-8-21)19-31-15-14-30(20-26(31)11-3-2-4-12-26)25(33)29-18-24(32)28-17-23-6-5-13-27-16-23/h5-10,13,16H,2-4,11-12,14-15,17-20H2,1H3,(H,28,32)(H,29,33)/p+1. The van der Waals surface area contributed by atoms with E-state index in [0.29, 0.717) is 11.7 Å². The first-order chi connectivity index (χ1) is 16.0. The van der Waals surface area contributed by atoms with Crippen molar-refractivity contribution in [3.8, 4) is 0 Å². The van der Waals surface area contributed by atoms with Gasteiger partial charge in [-0.3, -0.25) is 9.78 Å². The molecule has 4 rings (SSSR count). The molecule has 2 fully saturated rings. The van der Waals surface area contributed by atoms with E-state index in [0.717, 1.165) is 31.7 Å². The van der Waals surface area contributed by atoms with Crippen LogP contribution in [0, 0.1) is 6.92 Å². The fourth-order valence-electron chi connectivity index (χ4n) is 5.27. The molecule has 2 heterocycles. The Morgan fingerprint density at radius 2 is 1.91 bits per heavy atom. The van der Waals surface area contributed by atoms with Gasteiger partial charge in [-0.2, -0.15) is 0 Å². The summed E-state index contributed by atoms with van der Waals surface area (Å²) in [6.45, 7) is 6.86. The molecule has 6 nitrogen and oxygen atoms in total. The molecule has 1 aliphatic carbocycles. The topological polar surface area (TPSA) is 61.7 Å². The monoisotopic (exact) mass is 466 g/mol. The predicted molar refractivity (Wildman–Crippen MR) is 135 cm³/mol. The van der Waals surface area contributed by atoms with Crippen molar-refractivity contribution in [3.63, 3.8) is 0 Å². The molecule has 1 amide bonds. The zero-order valence-corrected chi connectivity index (χ0v) is 20.4. The first kappa shape index (κ1) is 23.6.